The predicted octanol–water partition coefficient (Wildman–Crippen LogP) is 0.634. The fraction of sp³-hybridized carbons (Fsp3) is 0.333. The highest BCUT2D eigenvalue weighted by Crippen LogP contribution is 1.98. The largest absolute Gasteiger partial charge is 0.497 e. The van der Waals surface area contributed by atoms with Gasteiger partial charge in [0.1, 0.15) is 5.76 Å². The minimum absolute atomic E-state index is 0.875. The molecular formula is C6H9NO. The molecule has 1 N–H and O–H groups in total. The van der Waals surface area contributed by atoms with Crippen LogP contribution in [0.2, 0.25) is 0 Å². The Kier molecular flexibility index (Phi) is 1.57. The van der Waals surface area contributed by atoms with Crippen LogP contribution in [0.1, 0.15) is 0 Å². The van der Waals surface area contributed by atoms with E-state index in [-0.39, 0.29) is 0 Å². The molecule has 0 saturated heterocycles. The Morgan fingerprint density at radius 3 is 3.00 bits per heavy atom. The second kappa shape index (κ2) is 2.40. The minimum atomic E-state index is 0.875. The lowest BCUT2D eigenvalue weighted by Gasteiger charge is -2.05. The molecule has 0 aromatic carbocycles. The molecule has 0 saturated carbocycles. The van der Waals surface area contributed by atoms with Gasteiger partial charge >= 0.3 is 0 Å². The normalized spacial score (nSPS) is 16.9. The topological polar surface area (TPSA) is 21.3 Å². The monoisotopic (exact) mass is 111 g/mol. The first-order valence-electron chi connectivity index (χ1n) is 2.57. The summed E-state index contributed by atoms with van der Waals surface area (Å²) in [7, 11) is 1.67. The van der Waals surface area contributed by atoms with E-state index in [1.165, 1.54) is 0 Å². The lowest BCUT2D eigenvalue weighted by molar-refractivity contribution is 0.304. The maximum atomic E-state index is 4.93. The molecular weight excluding hydrogens is 102 g/mol. The van der Waals surface area contributed by atoms with Gasteiger partial charge in [-0.15, -0.1) is 0 Å². The van der Waals surface area contributed by atoms with Gasteiger partial charge in [-0.3, -0.25) is 0 Å². The maximum absolute atomic E-state index is 4.93. The Morgan fingerprint density at radius 2 is 2.62 bits per heavy atom. The zero-order valence-corrected chi connectivity index (χ0v) is 4.85. The van der Waals surface area contributed by atoms with Gasteiger partial charge in [0.05, 0.1) is 7.11 Å². The molecule has 0 unspecified atom stereocenters. The van der Waals surface area contributed by atoms with Crippen molar-refractivity contribution in [3.63, 3.8) is 0 Å². The Balaban J connectivity index is 2.51. The van der Waals surface area contributed by atoms with Crippen LogP contribution in [0, 0.1) is 0 Å². The summed E-state index contributed by atoms with van der Waals surface area (Å²) < 4.78 is 4.93. The number of rotatable bonds is 1. The number of methoxy groups -OCH3 is 1. The van der Waals surface area contributed by atoms with Crippen LogP contribution in [0.5, 0.6) is 0 Å². The molecule has 44 valence electrons. The van der Waals surface area contributed by atoms with Crippen LogP contribution >= 0.6 is 0 Å². The second-order valence-corrected chi connectivity index (χ2v) is 1.55. The third-order valence-electron chi connectivity index (χ3n) is 1.02. The van der Waals surface area contributed by atoms with E-state index >= 15 is 0 Å². The van der Waals surface area contributed by atoms with Crippen LogP contribution in [0.25, 0.3) is 0 Å². The highest BCUT2D eigenvalue weighted by molar-refractivity contribution is 5.15. The van der Waals surface area contributed by atoms with E-state index in [2.05, 4.69) is 5.32 Å². The summed E-state index contributed by atoms with van der Waals surface area (Å²) in [6, 6.07) is 0. The van der Waals surface area contributed by atoms with Crippen molar-refractivity contribution in [3.8, 4) is 0 Å². The summed E-state index contributed by atoms with van der Waals surface area (Å²) in [5.41, 5.74) is 0. The number of hydrogen-bond acceptors (Lipinski definition) is 2. The van der Waals surface area contributed by atoms with Gasteiger partial charge in [-0.2, -0.15) is 0 Å². The second-order valence-electron chi connectivity index (χ2n) is 1.55. The van der Waals surface area contributed by atoms with E-state index in [1.807, 2.05) is 18.4 Å². The summed E-state index contributed by atoms with van der Waals surface area (Å²) >= 11 is 0. The van der Waals surface area contributed by atoms with E-state index in [0.717, 1.165) is 12.3 Å². The van der Waals surface area contributed by atoms with Crippen molar-refractivity contribution < 1.29 is 4.74 Å². The lowest BCUT2D eigenvalue weighted by atomic mass is 10.4. The molecule has 0 radical (unpaired) electrons. The molecule has 0 spiro atoms. The molecule has 2 heteroatoms. The zero-order chi connectivity index (χ0) is 5.82. The summed E-state index contributed by atoms with van der Waals surface area (Å²) in [6.45, 7) is 0.875. The smallest absolute Gasteiger partial charge is 0.118 e. The Labute approximate surface area is 48.8 Å². The van der Waals surface area contributed by atoms with Crippen LogP contribution in [-0.4, -0.2) is 13.7 Å². The first-order valence-corrected chi connectivity index (χ1v) is 2.57. The molecule has 8 heavy (non-hydrogen) atoms. The minimum Gasteiger partial charge on any atom is -0.497 e. The maximum Gasteiger partial charge on any atom is 0.118 e. The molecule has 1 aliphatic rings. The van der Waals surface area contributed by atoms with Gasteiger partial charge in [0.2, 0.25) is 0 Å². The van der Waals surface area contributed by atoms with Gasteiger partial charge in [-0.25, -0.2) is 0 Å². The van der Waals surface area contributed by atoms with Crippen LogP contribution in [0.4, 0.5) is 0 Å². The molecule has 1 rings (SSSR count). The van der Waals surface area contributed by atoms with Crippen molar-refractivity contribution in [1.29, 1.82) is 0 Å². The van der Waals surface area contributed by atoms with Crippen LogP contribution in [-0.2, 0) is 4.74 Å². The first-order chi connectivity index (χ1) is 3.93. The third-order valence-corrected chi connectivity index (χ3v) is 1.02. The summed E-state index contributed by atoms with van der Waals surface area (Å²) in [4.78, 5) is 0. The van der Waals surface area contributed by atoms with E-state index < -0.39 is 0 Å². The molecule has 1 aliphatic heterocycles. The first kappa shape index (κ1) is 5.22. The van der Waals surface area contributed by atoms with Gasteiger partial charge in [0.25, 0.3) is 0 Å². The predicted molar refractivity (Wildman–Crippen MR) is 32.2 cm³/mol. The third kappa shape index (κ3) is 1.03. The molecule has 1 heterocycles. The van der Waals surface area contributed by atoms with Crippen molar-refractivity contribution in [2.24, 2.45) is 0 Å². The van der Waals surface area contributed by atoms with Gasteiger partial charge in [-0.1, -0.05) is 0 Å². The molecule has 0 atom stereocenters. The number of nitrogens with one attached hydrogen (secondary N) is 1. The van der Waals surface area contributed by atoms with Gasteiger partial charge in [0.15, 0.2) is 0 Å². The summed E-state index contributed by atoms with van der Waals surface area (Å²) in [6.07, 6.45) is 5.75. The number of allylic oxidation sites excluding steroid dienone is 1. The quantitative estimate of drug-likeness (QED) is 0.536. The molecule has 0 fully saturated rings. The molecule has 0 aromatic heterocycles. The molecule has 0 amide bonds. The number of dihydropyridines is 1. The van der Waals surface area contributed by atoms with Crippen LogP contribution < -0.4 is 5.32 Å². The van der Waals surface area contributed by atoms with Crippen molar-refractivity contribution >= 4 is 0 Å². The van der Waals surface area contributed by atoms with E-state index in [4.69, 9.17) is 4.74 Å². The molecule has 0 aromatic rings. The highest BCUT2D eigenvalue weighted by atomic mass is 16.5. The average Bonchev–Trinajstić information content (AvgIpc) is 1.90. The Bertz CT molecular complexity index is 126. The lowest BCUT2D eigenvalue weighted by Crippen LogP contribution is -2.08. The van der Waals surface area contributed by atoms with E-state index in [9.17, 15) is 0 Å². The SMILES string of the molecule is COC1=CCNC=C1. The zero-order valence-electron chi connectivity index (χ0n) is 4.85. The fourth-order valence-corrected chi connectivity index (χ4v) is 0.588. The molecule has 2 nitrogen and oxygen atoms in total. The van der Waals surface area contributed by atoms with Gasteiger partial charge in [-0.05, 0) is 12.2 Å². The standard InChI is InChI=1S/C6H9NO/c1-8-6-2-4-7-5-3-6/h2-4,7H,5H2,1H3. The number of hydrogen-bond donors (Lipinski definition) is 1. The van der Waals surface area contributed by atoms with Gasteiger partial charge in [0, 0.05) is 12.7 Å². The van der Waals surface area contributed by atoms with Crippen LogP contribution in [0.3, 0.4) is 0 Å². The Hall–Kier alpha value is -0.920. The summed E-state index contributed by atoms with van der Waals surface area (Å²) in [5, 5.41) is 3.01. The highest BCUT2D eigenvalue weighted by Gasteiger charge is 1.90. The van der Waals surface area contributed by atoms with Gasteiger partial charge < -0.3 is 10.1 Å². The van der Waals surface area contributed by atoms with E-state index in [1.54, 1.807) is 7.11 Å². The van der Waals surface area contributed by atoms with Crippen molar-refractivity contribution in [2.45, 2.75) is 0 Å². The van der Waals surface area contributed by atoms with Crippen LogP contribution in [0.15, 0.2) is 24.1 Å². The molecule has 0 bridgehead atoms. The average molecular weight is 111 g/mol. The molecule has 0 aliphatic carbocycles. The van der Waals surface area contributed by atoms with Crippen molar-refractivity contribution in [3.05, 3.63) is 24.1 Å². The van der Waals surface area contributed by atoms with E-state index in [0.29, 0.717) is 0 Å². The fourth-order valence-electron chi connectivity index (χ4n) is 0.588. The van der Waals surface area contributed by atoms with Crippen molar-refractivity contribution in [1.82, 2.24) is 5.32 Å². The number of ether oxygens (including phenoxy) is 1. The Morgan fingerprint density at radius 1 is 1.75 bits per heavy atom. The summed E-state index contributed by atoms with van der Waals surface area (Å²) in [5.74, 6) is 0.934. The van der Waals surface area contributed by atoms with Crippen molar-refractivity contribution in [2.75, 3.05) is 13.7 Å².